The van der Waals surface area contributed by atoms with Gasteiger partial charge < -0.3 is 10.7 Å². The van der Waals surface area contributed by atoms with Crippen LogP contribution in [-0.4, -0.2) is 4.98 Å². The van der Waals surface area contributed by atoms with Crippen LogP contribution >= 0.6 is 0 Å². The summed E-state index contributed by atoms with van der Waals surface area (Å²) < 4.78 is 24.3. The molecule has 6 heteroatoms. The third kappa shape index (κ3) is 1.88. The maximum atomic E-state index is 12.2. The average molecular weight is 199 g/mol. The highest BCUT2D eigenvalue weighted by molar-refractivity contribution is 5.47. The predicted octanol–water partition coefficient (Wildman–Crippen LogP) is 0.961. The quantitative estimate of drug-likeness (QED) is 0.744. The Morgan fingerprint density at radius 3 is 2.71 bits per heavy atom. The van der Waals surface area contributed by atoms with Gasteiger partial charge in [0.25, 0.3) is 12.0 Å². The van der Waals surface area contributed by atoms with E-state index in [9.17, 15) is 13.6 Å². The first-order valence-electron chi connectivity index (χ1n) is 3.73. The number of nitrogen functional groups attached to an aromatic ring is 1. The maximum absolute atomic E-state index is 12.2. The fourth-order valence-corrected chi connectivity index (χ4v) is 1.01. The van der Waals surface area contributed by atoms with Gasteiger partial charge in [0.15, 0.2) is 0 Å². The van der Waals surface area contributed by atoms with Gasteiger partial charge in [0.05, 0.1) is 23.7 Å². The molecule has 0 aliphatic carbocycles. The number of alkyl halides is 2. The molecule has 14 heavy (non-hydrogen) atoms. The van der Waals surface area contributed by atoms with Crippen molar-refractivity contribution < 1.29 is 8.78 Å². The summed E-state index contributed by atoms with van der Waals surface area (Å²) in [5, 5.41) is 8.34. The summed E-state index contributed by atoms with van der Waals surface area (Å²) in [5.74, 6) is 0. The fourth-order valence-electron chi connectivity index (χ4n) is 1.01. The zero-order chi connectivity index (χ0) is 10.7. The van der Waals surface area contributed by atoms with E-state index in [2.05, 4.69) is 0 Å². The highest BCUT2D eigenvalue weighted by Crippen LogP contribution is 2.18. The number of anilines is 1. The number of hydrogen-bond donors (Lipinski definition) is 2. The molecule has 0 atom stereocenters. The fraction of sp³-hybridized carbons (Fsp3) is 0.250. The summed E-state index contributed by atoms with van der Waals surface area (Å²) >= 11 is 0. The molecule has 0 aromatic carbocycles. The van der Waals surface area contributed by atoms with Crippen molar-refractivity contribution in [1.82, 2.24) is 4.98 Å². The Morgan fingerprint density at radius 1 is 1.64 bits per heavy atom. The van der Waals surface area contributed by atoms with E-state index in [0.717, 1.165) is 6.07 Å². The Kier molecular flexibility index (Phi) is 2.82. The molecule has 0 saturated carbocycles. The second-order valence-corrected chi connectivity index (χ2v) is 2.62. The van der Waals surface area contributed by atoms with E-state index >= 15 is 0 Å². The summed E-state index contributed by atoms with van der Waals surface area (Å²) in [5.41, 5.74) is 4.02. The van der Waals surface area contributed by atoms with E-state index in [0.29, 0.717) is 0 Å². The number of nitrogens with one attached hydrogen (secondary N) is 1. The lowest BCUT2D eigenvalue weighted by Gasteiger charge is -2.04. The van der Waals surface area contributed by atoms with Crippen LogP contribution in [0.4, 0.5) is 14.5 Å². The topological polar surface area (TPSA) is 82.7 Å². The standard InChI is InChI=1S/C8H7F2N3O/c9-7(10)6-3-5(12)4(1-2-11)8(14)13-6/h3,7H,1H2,(H3,12,13,14). The minimum absolute atomic E-state index is 0.0249. The second-order valence-electron chi connectivity index (χ2n) is 2.62. The van der Waals surface area contributed by atoms with Crippen molar-refractivity contribution in [3.8, 4) is 6.07 Å². The van der Waals surface area contributed by atoms with Gasteiger partial charge in [-0.3, -0.25) is 4.79 Å². The Labute approximate surface area is 78.0 Å². The number of nitriles is 1. The molecular weight excluding hydrogens is 192 g/mol. The number of halogens is 2. The third-order valence-electron chi connectivity index (χ3n) is 1.68. The maximum Gasteiger partial charge on any atom is 0.278 e. The van der Waals surface area contributed by atoms with Crippen molar-refractivity contribution in [2.75, 3.05) is 5.73 Å². The van der Waals surface area contributed by atoms with Crippen LogP contribution in [0, 0.1) is 11.3 Å². The predicted molar refractivity (Wildman–Crippen MR) is 45.7 cm³/mol. The van der Waals surface area contributed by atoms with Crippen LogP contribution in [0.1, 0.15) is 17.7 Å². The van der Waals surface area contributed by atoms with Crippen LogP contribution in [0.25, 0.3) is 0 Å². The van der Waals surface area contributed by atoms with Crippen LogP contribution in [0.3, 0.4) is 0 Å². The van der Waals surface area contributed by atoms with Crippen molar-refractivity contribution in [3.63, 3.8) is 0 Å². The summed E-state index contributed by atoms with van der Waals surface area (Å²) in [7, 11) is 0. The molecule has 4 nitrogen and oxygen atoms in total. The number of hydrogen-bond acceptors (Lipinski definition) is 3. The number of nitrogens with zero attached hydrogens (tertiary/aromatic N) is 1. The summed E-state index contributed by atoms with van der Waals surface area (Å²) in [6, 6.07) is 2.70. The normalized spacial score (nSPS) is 10.1. The monoisotopic (exact) mass is 199 g/mol. The van der Waals surface area contributed by atoms with Gasteiger partial charge in [-0.05, 0) is 6.07 Å². The first kappa shape index (κ1) is 10.2. The molecule has 0 unspecified atom stereocenters. The molecule has 0 aliphatic rings. The molecule has 0 spiro atoms. The first-order chi connectivity index (χ1) is 6.56. The van der Waals surface area contributed by atoms with Gasteiger partial charge in [0, 0.05) is 5.69 Å². The average Bonchev–Trinajstić information content (AvgIpc) is 2.10. The smallest absolute Gasteiger partial charge is 0.278 e. The molecule has 1 aromatic rings. The van der Waals surface area contributed by atoms with Crippen molar-refractivity contribution in [1.29, 1.82) is 5.26 Å². The molecule has 1 aromatic heterocycles. The molecule has 0 aliphatic heterocycles. The summed E-state index contributed by atoms with van der Waals surface area (Å²) in [6.45, 7) is 0. The van der Waals surface area contributed by atoms with Gasteiger partial charge in [-0.1, -0.05) is 0 Å². The molecule has 0 radical (unpaired) electrons. The summed E-state index contributed by atoms with van der Waals surface area (Å²) in [4.78, 5) is 13.1. The number of rotatable bonds is 2. The van der Waals surface area contributed by atoms with Gasteiger partial charge in [-0.15, -0.1) is 0 Å². The third-order valence-corrected chi connectivity index (χ3v) is 1.68. The number of H-pyrrole nitrogens is 1. The van der Waals surface area contributed by atoms with E-state index < -0.39 is 17.7 Å². The van der Waals surface area contributed by atoms with Gasteiger partial charge in [0.2, 0.25) is 0 Å². The molecule has 74 valence electrons. The van der Waals surface area contributed by atoms with E-state index in [1.807, 2.05) is 4.98 Å². The van der Waals surface area contributed by atoms with Gasteiger partial charge in [0.1, 0.15) is 0 Å². The van der Waals surface area contributed by atoms with Gasteiger partial charge >= 0.3 is 0 Å². The molecule has 0 saturated heterocycles. The minimum atomic E-state index is -2.78. The molecule has 1 rings (SSSR count). The van der Waals surface area contributed by atoms with Crippen molar-refractivity contribution >= 4 is 5.69 Å². The highest BCUT2D eigenvalue weighted by Gasteiger charge is 2.12. The van der Waals surface area contributed by atoms with Crippen LogP contribution < -0.4 is 11.3 Å². The number of pyridine rings is 1. The van der Waals surface area contributed by atoms with E-state index in [4.69, 9.17) is 11.0 Å². The summed E-state index contributed by atoms with van der Waals surface area (Å²) in [6.07, 6.45) is -2.97. The van der Waals surface area contributed by atoms with Gasteiger partial charge in [-0.25, -0.2) is 8.78 Å². The van der Waals surface area contributed by atoms with Crippen LogP contribution in [-0.2, 0) is 6.42 Å². The lowest BCUT2D eigenvalue weighted by atomic mass is 10.1. The lowest BCUT2D eigenvalue weighted by Crippen LogP contribution is -2.17. The molecular formula is C8H7F2N3O. The molecule has 0 fully saturated rings. The molecule has 1 heterocycles. The minimum Gasteiger partial charge on any atom is -0.398 e. The zero-order valence-corrected chi connectivity index (χ0v) is 7.05. The van der Waals surface area contributed by atoms with Crippen LogP contribution in [0.15, 0.2) is 10.9 Å². The Morgan fingerprint density at radius 2 is 2.29 bits per heavy atom. The largest absolute Gasteiger partial charge is 0.398 e. The first-order valence-corrected chi connectivity index (χ1v) is 3.73. The number of aromatic amines is 1. The highest BCUT2D eigenvalue weighted by atomic mass is 19.3. The SMILES string of the molecule is N#CCc1c(N)cc(C(F)F)[nH]c1=O. The van der Waals surface area contributed by atoms with E-state index in [1.54, 1.807) is 6.07 Å². The van der Waals surface area contributed by atoms with Gasteiger partial charge in [-0.2, -0.15) is 5.26 Å². The number of nitrogens with two attached hydrogens (primary N) is 1. The Balaban J connectivity index is 3.27. The zero-order valence-electron chi connectivity index (χ0n) is 7.05. The number of aromatic nitrogens is 1. The molecule has 3 N–H and O–H groups in total. The van der Waals surface area contributed by atoms with Crippen LogP contribution in [0.2, 0.25) is 0 Å². The Hall–Kier alpha value is -1.90. The van der Waals surface area contributed by atoms with E-state index in [1.165, 1.54) is 0 Å². The molecule has 0 bridgehead atoms. The van der Waals surface area contributed by atoms with E-state index in [-0.39, 0.29) is 17.7 Å². The van der Waals surface area contributed by atoms with Crippen molar-refractivity contribution in [3.05, 3.63) is 27.7 Å². The Bertz CT molecular complexity index is 433. The second kappa shape index (κ2) is 3.87. The lowest BCUT2D eigenvalue weighted by molar-refractivity contribution is 0.146. The van der Waals surface area contributed by atoms with Crippen LogP contribution in [0.5, 0.6) is 0 Å². The van der Waals surface area contributed by atoms with Crippen molar-refractivity contribution in [2.24, 2.45) is 0 Å². The van der Waals surface area contributed by atoms with Crippen molar-refractivity contribution in [2.45, 2.75) is 12.8 Å². The molecule has 0 amide bonds.